The van der Waals surface area contributed by atoms with Crippen molar-refractivity contribution in [3.8, 4) is 11.8 Å². The topological polar surface area (TPSA) is 71.3 Å². The van der Waals surface area contributed by atoms with Crippen molar-refractivity contribution in [1.29, 1.82) is 5.26 Å². The molecular formula is C23H26N2O3. The molecule has 1 atom stereocenters. The molecule has 0 spiro atoms. The Balaban J connectivity index is 1.83. The summed E-state index contributed by atoms with van der Waals surface area (Å²) in [4.78, 5) is 12.4. The first-order valence-electron chi connectivity index (χ1n) is 9.74. The molecule has 1 fully saturated rings. The molecule has 1 N–H and O–H groups in total. The van der Waals surface area contributed by atoms with Gasteiger partial charge < -0.3 is 14.8 Å². The average Bonchev–Trinajstić information content (AvgIpc) is 3.22. The maximum atomic E-state index is 12.4. The van der Waals surface area contributed by atoms with E-state index in [-0.39, 0.29) is 17.6 Å². The molecular weight excluding hydrogens is 352 g/mol. The van der Waals surface area contributed by atoms with Crippen molar-refractivity contribution in [3.05, 3.63) is 47.5 Å². The van der Waals surface area contributed by atoms with E-state index in [1.165, 1.54) is 0 Å². The summed E-state index contributed by atoms with van der Waals surface area (Å²) in [5.41, 5.74) is 0.898. The molecule has 5 nitrogen and oxygen atoms in total. The highest BCUT2D eigenvalue weighted by Gasteiger charge is 2.18. The molecule has 1 saturated heterocycles. The van der Waals surface area contributed by atoms with Gasteiger partial charge in [0.2, 0.25) is 0 Å². The van der Waals surface area contributed by atoms with Gasteiger partial charge in [-0.25, -0.2) is 0 Å². The summed E-state index contributed by atoms with van der Waals surface area (Å²) in [6.45, 7) is 6.01. The van der Waals surface area contributed by atoms with Gasteiger partial charge in [-0.3, -0.25) is 4.79 Å². The summed E-state index contributed by atoms with van der Waals surface area (Å²) >= 11 is 0. The van der Waals surface area contributed by atoms with Crippen LogP contribution in [0.3, 0.4) is 0 Å². The van der Waals surface area contributed by atoms with E-state index in [2.05, 4.69) is 19.2 Å². The fraction of sp³-hybridized carbons (Fsp3) is 0.391. The Morgan fingerprint density at radius 1 is 1.32 bits per heavy atom. The maximum Gasteiger partial charge on any atom is 0.262 e. The van der Waals surface area contributed by atoms with Crippen molar-refractivity contribution in [2.75, 3.05) is 19.8 Å². The minimum absolute atomic E-state index is 0.0436. The number of ether oxygens (including phenoxy) is 2. The van der Waals surface area contributed by atoms with Crippen LogP contribution in [0.1, 0.15) is 32.3 Å². The molecule has 0 aliphatic carbocycles. The number of benzene rings is 2. The predicted molar refractivity (Wildman–Crippen MR) is 110 cm³/mol. The summed E-state index contributed by atoms with van der Waals surface area (Å²) < 4.78 is 11.4. The Bertz CT molecular complexity index is 906. The number of nitrogens with one attached hydrogen (secondary N) is 1. The maximum absolute atomic E-state index is 12.4. The molecule has 2 aromatic carbocycles. The van der Waals surface area contributed by atoms with Crippen LogP contribution >= 0.6 is 0 Å². The van der Waals surface area contributed by atoms with Gasteiger partial charge in [-0.05, 0) is 41.9 Å². The van der Waals surface area contributed by atoms with Crippen LogP contribution < -0.4 is 10.1 Å². The third-order valence-electron chi connectivity index (χ3n) is 4.67. The predicted octanol–water partition coefficient (Wildman–Crippen LogP) is 4.08. The number of fused-ring (bicyclic) bond motifs is 1. The molecule has 3 rings (SSSR count). The molecule has 0 saturated carbocycles. The fourth-order valence-electron chi connectivity index (χ4n) is 3.21. The van der Waals surface area contributed by atoms with Crippen molar-refractivity contribution in [2.45, 2.75) is 32.8 Å². The molecule has 5 heteroatoms. The van der Waals surface area contributed by atoms with Crippen molar-refractivity contribution in [1.82, 2.24) is 5.32 Å². The summed E-state index contributed by atoms with van der Waals surface area (Å²) in [6.07, 6.45) is 3.63. The largest absolute Gasteiger partial charge is 0.493 e. The summed E-state index contributed by atoms with van der Waals surface area (Å²) in [5, 5.41) is 14.2. The molecule has 0 unspecified atom stereocenters. The Morgan fingerprint density at radius 2 is 2.11 bits per heavy atom. The molecule has 2 aromatic rings. The summed E-state index contributed by atoms with van der Waals surface area (Å²) in [7, 11) is 0. The van der Waals surface area contributed by atoms with Gasteiger partial charge in [0.05, 0.1) is 12.7 Å². The lowest BCUT2D eigenvalue weighted by molar-refractivity contribution is -0.117. The second-order valence-corrected chi connectivity index (χ2v) is 7.42. The van der Waals surface area contributed by atoms with Crippen LogP contribution in [0.4, 0.5) is 0 Å². The van der Waals surface area contributed by atoms with E-state index in [4.69, 9.17) is 9.47 Å². The molecule has 0 aromatic heterocycles. The van der Waals surface area contributed by atoms with E-state index in [9.17, 15) is 10.1 Å². The van der Waals surface area contributed by atoms with Crippen molar-refractivity contribution < 1.29 is 14.3 Å². The van der Waals surface area contributed by atoms with Gasteiger partial charge >= 0.3 is 0 Å². The van der Waals surface area contributed by atoms with E-state index in [0.29, 0.717) is 19.1 Å². The molecule has 1 amide bonds. The van der Waals surface area contributed by atoms with Crippen LogP contribution in [0.5, 0.6) is 5.75 Å². The molecule has 1 heterocycles. The second kappa shape index (κ2) is 9.38. The third kappa shape index (κ3) is 4.90. The second-order valence-electron chi connectivity index (χ2n) is 7.42. The number of hydrogen-bond acceptors (Lipinski definition) is 4. The highest BCUT2D eigenvalue weighted by atomic mass is 16.5. The van der Waals surface area contributed by atoms with Gasteiger partial charge in [-0.1, -0.05) is 44.2 Å². The molecule has 0 radical (unpaired) electrons. The highest BCUT2D eigenvalue weighted by molar-refractivity contribution is 6.04. The number of amides is 1. The zero-order valence-corrected chi connectivity index (χ0v) is 16.4. The standard InChI is InChI=1S/C23H26N2O3/c1-16(2)15-28-22-10-9-17(20-7-3-4-8-21(20)22)12-18(13-24)23(26)25-14-19-6-5-11-27-19/h3-4,7-10,12,16,19H,5-6,11,14-15H2,1-2H3,(H,25,26)/b18-12+/t19-/m1/s1. The Labute approximate surface area is 165 Å². The van der Waals surface area contributed by atoms with Gasteiger partial charge in [0.1, 0.15) is 17.4 Å². The molecule has 1 aliphatic heterocycles. The Hall–Kier alpha value is -2.84. The van der Waals surface area contributed by atoms with Crippen LogP contribution in [-0.2, 0) is 9.53 Å². The number of nitrogens with zero attached hydrogens (tertiary/aromatic N) is 1. The quantitative estimate of drug-likeness (QED) is 0.582. The average molecular weight is 378 g/mol. The van der Waals surface area contributed by atoms with E-state index >= 15 is 0 Å². The van der Waals surface area contributed by atoms with Gasteiger partial charge in [-0.15, -0.1) is 0 Å². The van der Waals surface area contributed by atoms with Crippen LogP contribution in [0.25, 0.3) is 16.8 Å². The van der Waals surface area contributed by atoms with E-state index < -0.39 is 0 Å². The molecule has 28 heavy (non-hydrogen) atoms. The number of carbonyl (C=O) groups is 1. The highest BCUT2D eigenvalue weighted by Crippen LogP contribution is 2.30. The van der Waals surface area contributed by atoms with Crippen LogP contribution in [-0.4, -0.2) is 31.8 Å². The minimum atomic E-state index is -0.373. The zero-order chi connectivity index (χ0) is 19.9. The van der Waals surface area contributed by atoms with Crippen molar-refractivity contribution >= 4 is 22.8 Å². The smallest absolute Gasteiger partial charge is 0.262 e. The lowest BCUT2D eigenvalue weighted by Gasteiger charge is -2.13. The normalized spacial score (nSPS) is 16.9. The lowest BCUT2D eigenvalue weighted by atomic mass is 10.0. The monoisotopic (exact) mass is 378 g/mol. The Kier molecular flexibility index (Phi) is 6.67. The first-order chi connectivity index (χ1) is 13.6. The molecule has 0 bridgehead atoms. The van der Waals surface area contributed by atoms with Crippen LogP contribution in [0.15, 0.2) is 42.0 Å². The SMILES string of the molecule is CC(C)COc1ccc(/C=C(\C#N)C(=O)NC[C@H]2CCCO2)c2ccccc12. The first kappa shape index (κ1) is 19.9. The van der Waals surface area contributed by atoms with Crippen molar-refractivity contribution in [3.63, 3.8) is 0 Å². The van der Waals surface area contributed by atoms with E-state index in [0.717, 1.165) is 41.5 Å². The Morgan fingerprint density at radius 3 is 2.79 bits per heavy atom. The minimum Gasteiger partial charge on any atom is -0.493 e. The number of hydrogen-bond donors (Lipinski definition) is 1. The molecule has 146 valence electrons. The molecule has 1 aliphatic rings. The third-order valence-corrected chi connectivity index (χ3v) is 4.67. The summed E-state index contributed by atoms with van der Waals surface area (Å²) in [5.74, 6) is 0.862. The lowest BCUT2D eigenvalue weighted by Crippen LogP contribution is -2.32. The van der Waals surface area contributed by atoms with Gasteiger partial charge in [0.25, 0.3) is 5.91 Å². The van der Waals surface area contributed by atoms with Crippen molar-refractivity contribution in [2.24, 2.45) is 5.92 Å². The first-order valence-corrected chi connectivity index (χ1v) is 9.74. The fourth-order valence-corrected chi connectivity index (χ4v) is 3.21. The van der Waals surface area contributed by atoms with Gasteiger partial charge in [0, 0.05) is 18.5 Å². The van der Waals surface area contributed by atoms with Crippen LogP contribution in [0.2, 0.25) is 0 Å². The van der Waals surface area contributed by atoms with E-state index in [1.54, 1.807) is 6.08 Å². The number of carbonyl (C=O) groups excluding carboxylic acids is 1. The summed E-state index contributed by atoms with van der Waals surface area (Å²) in [6, 6.07) is 13.7. The van der Waals surface area contributed by atoms with E-state index in [1.807, 2.05) is 42.5 Å². The van der Waals surface area contributed by atoms with Gasteiger partial charge in [0.15, 0.2) is 0 Å². The zero-order valence-electron chi connectivity index (χ0n) is 16.4. The van der Waals surface area contributed by atoms with Crippen LogP contribution in [0, 0.1) is 17.2 Å². The number of rotatable bonds is 7. The number of nitriles is 1. The van der Waals surface area contributed by atoms with Gasteiger partial charge in [-0.2, -0.15) is 5.26 Å².